The summed E-state index contributed by atoms with van der Waals surface area (Å²) in [4.78, 5) is 16.4. The number of halogens is 1. The highest BCUT2D eigenvalue weighted by molar-refractivity contribution is 6.31. The minimum absolute atomic E-state index is 0.312. The molecule has 0 saturated carbocycles. The molecule has 2 aromatic heterocycles. The number of aromatic amines is 1. The third kappa shape index (κ3) is 1.90. The maximum Gasteiger partial charge on any atom is 0.281 e. The van der Waals surface area contributed by atoms with Crippen LogP contribution >= 0.6 is 11.6 Å². The van der Waals surface area contributed by atoms with Crippen LogP contribution in [0.15, 0.2) is 47.3 Å². The van der Waals surface area contributed by atoms with Gasteiger partial charge in [0.05, 0.1) is 10.9 Å². The molecule has 0 spiro atoms. The molecule has 0 aliphatic rings. The Morgan fingerprint density at radius 2 is 2.05 bits per heavy atom. The van der Waals surface area contributed by atoms with Gasteiger partial charge in [-0.15, -0.1) is 0 Å². The molecular formula is C16H11ClN4O. The zero-order valence-corrected chi connectivity index (χ0v) is 12.4. The molecule has 0 fully saturated rings. The highest BCUT2D eigenvalue weighted by Gasteiger charge is 2.14. The van der Waals surface area contributed by atoms with E-state index in [-0.39, 0.29) is 5.56 Å². The molecule has 0 aliphatic carbocycles. The Hall–Kier alpha value is -2.66. The lowest BCUT2D eigenvalue weighted by molar-refractivity contribution is 0.874. The number of H-pyrrole nitrogens is 1. The first kappa shape index (κ1) is 13.0. The van der Waals surface area contributed by atoms with Crippen molar-refractivity contribution in [3.05, 3.63) is 63.4 Å². The van der Waals surface area contributed by atoms with Crippen molar-refractivity contribution in [2.45, 2.75) is 6.92 Å². The predicted molar refractivity (Wildman–Crippen MR) is 86.3 cm³/mol. The lowest BCUT2D eigenvalue weighted by Crippen LogP contribution is -2.10. The molecule has 0 atom stereocenters. The molecule has 2 heterocycles. The lowest BCUT2D eigenvalue weighted by Gasteiger charge is -2.02. The molecule has 0 unspecified atom stereocenters. The van der Waals surface area contributed by atoms with Crippen molar-refractivity contribution >= 4 is 28.2 Å². The molecule has 0 radical (unpaired) electrons. The normalized spacial score (nSPS) is 11.4. The summed E-state index contributed by atoms with van der Waals surface area (Å²) in [6.07, 6.45) is 0. The van der Waals surface area contributed by atoms with Crippen molar-refractivity contribution in [2.75, 3.05) is 0 Å². The van der Waals surface area contributed by atoms with Gasteiger partial charge in [0.1, 0.15) is 5.69 Å². The minimum Gasteiger partial charge on any atom is -0.267 e. The molecule has 0 saturated heterocycles. The van der Waals surface area contributed by atoms with Gasteiger partial charge in [-0.2, -0.15) is 10.1 Å². The zero-order chi connectivity index (χ0) is 15.3. The zero-order valence-electron chi connectivity index (χ0n) is 11.7. The largest absolute Gasteiger partial charge is 0.281 e. The van der Waals surface area contributed by atoms with Crippen LogP contribution in [0.5, 0.6) is 0 Å². The van der Waals surface area contributed by atoms with E-state index in [0.717, 1.165) is 11.1 Å². The number of nitrogens with zero attached hydrogens (tertiary/aromatic N) is 3. The number of hydrogen-bond acceptors (Lipinski definition) is 3. The molecule has 2 aromatic carbocycles. The van der Waals surface area contributed by atoms with Crippen LogP contribution in [0.3, 0.4) is 0 Å². The number of aryl methyl sites for hydroxylation is 1. The fraction of sp³-hybridized carbons (Fsp3) is 0.0625. The minimum atomic E-state index is -0.312. The van der Waals surface area contributed by atoms with Crippen LogP contribution in [-0.4, -0.2) is 19.8 Å². The summed E-state index contributed by atoms with van der Waals surface area (Å²) in [5.74, 6) is 0. The maximum atomic E-state index is 12.3. The van der Waals surface area contributed by atoms with E-state index in [2.05, 4.69) is 15.3 Å². The van der Waals surface area contributed by atoms with Crippen LogP contribution < -0.4 is 5.56 Å². The van der Waals surface area contributed by atoms with Gasteiger partial charge in [0.15, 0.2) is 5.65 Å². The summed E-state index contributed by atoms with van der Waals surface area (Å²) in [7, 11) is 0. The molecule has 1 N–H and O–H groups in total. The second kappa shape index (κ2) is 4.68. The van der Waals surface area contributed by atoms with Gasteiger partial charge in [-0.25, -0.2) is 9.73 Å². The third-order valence-corrected chi connectivity index (χ3v) is 3.85. The second-order valence-corrected chi connectivity index (χ2v) is 5.60. The van der Waals surface area contributed by atoms with Gasteiger partial charge in [0.25, 0.3) is 5.56 Å². The molecule has 108 valence electrons. The van der Waals surface area contributed by atoms with Gasteiger partial charge in [0.2, 0.25) is 0 Å². The van der Waals surface area contributed by atoms with E-state index in [9.17, 15) is 4.79 Å². The second-order valence-electron chi connectivity index (χ2n) is 5.17. The van der Waals surface area contributed by atoms with E-state index in [1.165, 1.54) is 0 Å². The standard InChI is InChI=1S/C16H11ClN4O/c1-9-3-2-4-10(7-9)14-15-18-16(22)12-8-11(17)5-6-13(12)21(15)20-19-14/h2-8,20H,1H3. The first-order valence-corrected chi connectivity index (χ1v) is 7.15. The summed E-state index contributed by atoms with van der Waals surface area (Å²) >= 11 is 5.96. The molecule has 5 nitrogen and oxygen atoms in total. The Balaban J connectivity index is 2.10. The number of aromatic nitrogens is 4. The van der Waals surface area contributed by atoms with Gasteiger partial charge in [0, 0.05) is 10.6 Å². The average Bonchev–Trinajstić information content (AvgIpc) is 2.91. The molecule has 22 heavy (non-hydrogen) atoms. The molecular weight excluding hydrogens is 300 g/mol. The van der Waals surface area contributed by atoms with Gasteiger partial charge < -0.3 is 0 Å². The number of hydrogen-bond donors (Lipinski definition) is 1. The van der Waals surface area contributed by atoms with Crippen molar-refractivity contribution in [3.8, 4) is 11.3 Å². The molecule has 0 aliphatic heterocycles. The number of rotatable bonds is 1. The summed E-state index contributed by atoms with van der Waals surface area (Å²) in [5, 5.41) is 8.21. The summed E-state index contributed by atoms with van der Waals surface area (Å²) in [5.41, 5.74) is 3.58. The molecule has 0 bridgehead atoms. The van der Waals surface area contributed by atoms with Crippen molar-refractivity contribution in [1.29, 1.82) is 0 Å². The predicted octanol–water partition coefficient (Wildman–Crippen LogP) is 3.20. The highest BCUT2D eigenvalue weighted by atomic mass is 35.5. The van der Waals surface area contributed by atoms with Crippen LogP contribution in [0.1, 0.15) is 5.56 Å². The van der Waals surface area contributed by atoms with Gasteiger partial charge in [-0.1, -0.05) is 35.4 Å². The fourth-order valence-electron chi connectivity index (χ4n) is 2.59. The number of benzene rings is 2. The van der Waals surface area contributed by atoms with Crippen molar-refractivity contribution < 1.29 is 0 Å². The van der Waals surface area contributed by atoms with Gasteiger partial charge in [-0.05, 0) is 31.2 Å². The molecule has 4 aromatic rings. The lowest BCUT2D eigenvalue weighted by atomic mass is 10.1. The van der Waals surface area contributed by atoms with Crippen molar-refractivity contribution in [2.24, 2.45) is 0 Å². The molecule has 6 heteroatoms. The summed E-state index contributed by atoms with van der Waals surface area (Å²) in [6, 6.07) is 13.1. The average molecular weight is 311 g/mol. The van der Waals surface area contributed by atoms with Crippen molar-refractivity contribution in [3.63, 3.8) is 0 Å². The van der Waals surface area contributed by atoms with E-state index in [4.69, 9.17) is 11.6 Å². The van der Waals surface area contributed by atoms with E-state index in [1.54, 1.807) is 22.7 Å². The summed E-state index contributed by atoms with van der Waals surface area (Å²) in [6.45, 7) is 2.01. The van der Waals surface area contributed by atoms with E-state index >= 15 is 0 Å². The Bertz CT molecular complexity index is 1080. The van der Waals surface area contributed by atoms with E-state index in [0.29, 0.717) is 27.3 Å². The monoisotopic (exact) mass is 310 g/mol. The van der Waals surface area contributed by atoms with Crippen LogP contribution in [0, 0.1) is 6.92 Å². The Morgan fingerprint density at radius 3 is 2.86 bits per heavy atom. The topological polar surface area (TPSA) is 63.1 Å². The van der Waals surface area contributed by atoms with Crippen molar-refractivity contribution in [1.82, 2.24) is 19.8 Å². The third-order valence-electron chi connectivity index (χ3n) is 3.61. The quantitative estimate of drug-likeness (QED) is 0.587. The van der Waals surface area contributed by atoms with E-state index in [1.807, 2.05) is 31.2 Å². The Morgan fingerprint density at radius 1 is 1.18 bits per heavy atom. The van der Waals surface area contributed by atoms with Crippen LogP contribution in [0.2, 0.25) is 5.02 Å². The Labute approximate surface area is 130 Å². The smallest absolute Gasteiger partial charge is 0.267 e. The molecule has 0 amide bonds. The Kier molecular flexibility index (Phi) is 2.77. The number of fused-ring (bicyclic) bond motifs is 3. The summed E-state index contributed by atoms with van der Waals surface area (Å²) < 4.78 is 1.70. The van der Waals surface area contributed by atoms with E-state index < -0.39 is 0 Å². The highest BCUT2D eigenvalue weighted by Crippen LogP contribution is 2.24. The SMILES string of the molecule is Cc1cccc(-c2n[nH]n3c2nc(=O)c2cc(Cl)ccc23)c1. The first-order valence-electron chi connectivity index (χ1n) is 6.77. The van der Waals surface area contributed by atoms with Crippen LogP contribution in [-0.2, 0) is 0 Å². The maximum absolute atomic E-state index is 12.3. The number of nitrogens with one attached hydrogen (secondary N) is 1. The first-order chi connectivity index (χ1) is 10.6. The molecule has 4 rings (SSSR count). The van der Waals surface area contributed by atoms with Crippen LogP contribution in [0.25, 0.3) is 27.8 Å². The van der Waals surface area contributed by atoms with Crippen LogP contribution in [0.4, 0.5) is 0 Å². The van der Waals surface area contributed by atoms with Gasteiger partial charge in [-0.3, -0.25) is 4.79 Å². The van der Waals surface area contributed by atoms with Gasteiger partial charge >= 0.3 is 0 Å². The fourth-order valence-corrected chi connectivity index (χ4v) is 2.76.